The Kier molecular flexibility index (Phi) is 5.62. The van der Waals surface area contributed by atoms with E-state index in [1.807, 2.05) is 0 Å². The van der Waals surface area contributed by atoms with Gasteiger partial charge in [-0.05, 0) is 29.8 Å². The Balaban J connectivity index is 2.04. The average molecular weight is 328 g/mol. The first kappa shape index (κ1) is 17.1. The summed E-state index contributed by atoms with van der Waals surface area (Å²) in [6, 6.07) is 14.6. The molecule has 0 bridgehead atoms. The summed E-state index contributed by atoms with van der Waals surface area (Å²) >= 11 is 0. The molecular formula is C17H16N2O5. The van der Waals surface area contributed by atoms with Crippen LogP contribution in [0.4, 0.5) is 5.69 Å². The molecule has 7 heteroatoms. The molecule has 0 aliphatic carbocycles. The van der Waals surface area contributed by atoms with E-state index in [4.69, 9.17) is 5.11 Å². The number of nitrogens with zero attached hydrogens (tertiary/aromatic N) is 1. The number of anilines is 1. The van der Waals surface area contributed by atoms with E-state index in [-0.39, 0.29) is 24.4 Å². The van der Waals surface area contributed by atoms with Crippen LogP contribution in [-0.2, 0) is 4.79 Å². The van der Waals surface area contributed by atoms with Gasteiger partial charge < -0.3 is 10.4 Å². The number of nitro groups is 1. The molecule has 0 aliphatic rings. The van der Waals surface area contributed by atoms with Gasteiger partial charge in [0.15, 0.2) is 0 Å². The van der Waals surface area contributed by atoms with Crippen LogP contribution in [0.25, 0.3) is 0 Å². The summed E-state index contributed by atoms with van der Waals surface area (Å²) in [7, 11) is 0. The molecule has 1 unspecified atom stereocenters. The molecule has 124 valence electrons. The molecule has 2 N–H and O–H groups in total. The quantitative estimate of drug-likeness (QED) is 0.600. The molecule has 0 aliphatic heterocycles. The van der Waals surface area contributed by atoms with E-state index >= 15 is 0 Å². The molecule has 0 heterocycles. The molecule has 0 aromatic heterocycles. The van der Waals surface area contributed by atoms with Crippen molar-refractivity contribution in [3.8, 4) is 0 Å². The van der Waals surface area contributed by atoms with Crippen molar-refractivity contribution in [2.24, 2.45) is 0 Å². The molecule has 0 spiro atoms. The molecule has 0 radical (unpaired) electrons. The first-order valence-electron chi connectivity index (χ1n) is 7.25. The third kappa shape index (κ3) is 4.91. The van der Waals surface area contributed by atoms with Crippen molar-refractivity contribution in [2.45, 2.75) is 12.3 Å². The number of carbonyl (C=O) groups is 2. The van der Waals surface area contributed by atoms with Crippen LogP contribution < -0.4 is 5.32 Å². The van der Waals surface area contributed by atoms with Gasteiger partial charge in [-0.25, -0.2) is 4.79 Å². The van der Waals surface area contributed by atoms with Crippen molar-refractivity contribution in [3.05, 3.63) is 75.8 Å². The molecule has 0 saturated carbocycles. The topological polar surface area (TPSA) is 110 Å². The second-order valence-electron chi connectivity index (χ2n) is 5.26. The third-order valence-corrected chi connectivity index (χ3v) is 3.49. The predicted octanol–water partition coefficient (Wildman–Crippen LogP) is 2.77. The van der Waals surface area contributed by atoms with E-state index in [0.29, 0.717) is 5.69 Å². The Bertz CT molecular complexity index is 728. The van der Waals surface area contributed by atoms with Crippen LogP contribution in [0.2, 0.25) is 0 Å². The van der Waals surface area contributed by atoms with Crippen LogP contribution >= 0.6 is 0 Å². The van der Waals surface area contributed by atoms with E-state index < -0.39 is 16.8 Å². The lowest BCUT2D eigenvalue weighted by Crippen LogP contribution is -2.20. The van der Waals surface area contributed by atoms with Crippen molar-refractivity contribution in [3.63, 3.8) is 0 Å². The summed E-state index contributed by atoms with van der Waals surface area (Å²) in [4.78, 5) is 33.3. The number of benzene rings is 2. The smallest absolute Gasteiger partial charge is 0.335 e. The summed E-state index contributed by atoms with van der Waals surface area (Å²) in [5, 5.41) is 22.3. The Morgan fingerprint density at radius 3 is 2.25 bits per heavy atom. The molecule has 0 saturated heterocycles. The third-order valence-electron chi connectivity index (χ3n) is 3.49. The molecule has 2 rings (SSSR count). The van der Waals surface area contributed by atoms with Gasteiger partial charge >= 0.3 is 5.97 Å². The minimum atomic E-state index is -1.05. The number of carbonyl (C=O) groups excluding carboxylic acids is 1. The summed E-state index contributed by atoms with van der Waals surface area (Å²) in [6.45, 7) is -0.338. The largest absolute Gasteiger partial charge is 0.478 e. The first-order valence-corrected chi connectivity index (χ1v) is 7.25. The average Bonchev–Trinajstić information content (AvgIpc) is 2.55. The zero-order valence-corrected chi connectivity index (χ0v) is 12.7. The molecule has 2 aromatic carbocycles. The molecule has 2 aromatic rings. The van der Waals surface area contributed by atoms with Crippen LogP contribution in [0.3, 0.4) is 0 Å². The van der Waals surface area contributed by atoms with Gasteiger partial charge in [0.05, 0.1) is 11.5 Å². The highest BCUT2D eigenvalue weighted by atomic mass is 16.6. The van der Waals surface area contributed by atoms with Gasteiger partial charge in [0, 0.05) is 17.0 Å². The second-order valence-corrected chi connectivity index (χ2v) is 5.26. The zero-order valence-electron chi connectivity index (χ0n) is 12.7. The minimum absolute atomic E-state index is 0.0360. The number of hydrogen-bond donors (Lipinski definition) is 2. The Hall–Kier alpha value is -3.22. The van der Waals surface area contributed by atoms with Crippen LogP contribution in [-0.4, -0.2) is 28.5 Å². The highest BCUT2D eigenvalue weighted by Gasteiger charge is 2.21. The lowest BCUT2D eigenvalue weighted by molar-refractivity contribution is -0.483. The Morgan fingerprint density at radius 1 is 1.08 bits per heavy atom. The molecule has 0 fully saturated rings. The van der Waals surface area contributed by atoms with Gasteiger partial charge in [-0.3, -0.25) is 14.9 Å². The zero-order chi connectivity index (χ0) is 17.5. The van der Waals surface area contributed by atoms with E-state index in [1.165, 1.54) is 24.3 Å². The summed E-state index contributed by atoms with van der Waals surface area (Å²) in [5.41, 5.74) is 1.28. The van der Waals surface area contributed by atoms with Gasteiger partial charge in [-0.1, -0.05) is 30.3 Å². The lowest BCUT2D eigenvalue weighted by Gasteiger charge is -2.13. The lowest BCUT2D eigenvalue weighted by atomic mass is 9.95. The van der Waals surface area contributed by atoms with E-state index in [0.717, 1.165) is 5.56 Å². The fourth-order valence-electron chi connectivity index (χ4n) is 2.32. The van der Waals surface area contributed by atoms with Crippen molar-refractivity contribution in [1.29, 1.82) is 0 Å². The molecule has 7 nitrogen and oxygen atoms in total. The second kappa shape index (κ2) is 7.87. The maximum absolute atomic E-state index is 12.1. The number of rotatable bonds is 7. The van der Waals surface area contributed by atoms with Crippen molar-refractivity contribution >= 4 is 17.6 Å². The Labute approximate surface area is 138 Å². The van der Waals surface area contributed by atoms with Gasteiger partial charge in [0.2, 0.25) is 12.5 Å². The van der Waals surface area contributed by atoms with Gasteiger partial charge in [0.1, 0.15) is 0 Å². The first-order chi connectivity index (χ1) is 11.5. The maximum atomic E-state index is 12.1. The molecule has 1 atom stereocenters. The standard InChI is InChI=1S/C17H16N2O5/c20-16(18-15-8-6-13(7-9-15)17(21)22)10-14(11-19(23)24)12-4-2-1-3-5-12/h1-9,14H,10-11H2,(H,18,20)(H,21,22). The number of carboxylic acids is 1. The normalized spacial score (nSPS) is 11.5. The summed E-state index contributed by atoms with van der Waals surface area (Å²) in [5.74, 6) is -1.95. The predicted molar refractivity (Wildman–Crippen MR) is 87.7 cm³/mol. The fourth-order valence-corrected chi connectivity index (χ4v) is 2.32. The molecule has 24 heavy (non-hydrogen) atoms. The summed E-state index contributed by atoms with van der Waals surface area (Å²) in [6.07, 6.45) is -0.0360. The number of aromatic carboxylic acids is 1. The number of amides is 1. The minimum Gasteiger partial charge on any atom is -0.478 e. The van der Waals surface area contributed by atoms with Gasteiger partial charge in [-0.2, -0.15) is 0 Å². The van der Waals surface area contributed by atoms with Crippen molar-refractivity contribution in [1.82, 2.24) is 0 Å². The van der Waals surface area contributed by atoms with E-state index in [1.54, 1.807) is 30.3 Å². The highest BCUT2D eigenvalue weighted by Crippen LogP contribution is 2.21. The number of nitrogens with one attached hydrogen (secondary N) is 1. The number of carboxylic acid groups (broad SMARTS) is 1. The molecular weight excluding hydrogens is 312 g/mol. The van der Waals surface area contributed by atoms with Crippen LogP contribution in [0.1, 0.15) is 28.3 Å². The Morgan fingerprint density at radius 2 is 1.71 bits per heavy atom. The van der Waals surface area contributed by atoms with E-state index in [9.17, 15) is 19.7 Å². The van der Waals surface area contributed by atoms with Crippen LogP contribution in [0.15, 0.2) is 54.6 Å². The fraction of sp³-hybridized carbons (Fsp3) is 0.176. The van der Waals surface area contributed by atoms with Crippen LogP contribution in [0.5, 0.6) is 0 Å². The maximum Gasteiger partial charge on any atom is 0.335 e. The van der Waals surface area contributed by atoms with Gasteiger partial charge in [0.25, 0.3) is 0 Å². The van der Waals surface area contributed by atoms with Gasteiger partial charge in [-0.15, -0.1) is 0 Å². The highest BCUT2D eigenvalue weighted by molar-refractivity contribution is 5.92. The summed E-state index contributed by atoms with van der Waals surface area (Å²) < 4.78 is 0. The van der Waals surface area contributed by atoms with Crippen molar-refractivity contribution in [2.75, 3.05) is 11.9 Å². The SMILES string of the molecule is O=C(CC(C[N+](=O)[O-])c1ccccc1)Nc1ccc(C(=O)O)cc1. The van der Waals surface area contributed by atoms with Crippen LogP contribution in [0, 0.1) is 10.1 Å². The molecule has 1 amide bonds. The van der Waals surface area contributed by atoms with Crippen molar-refractivity contribution < 1.29 is 19.6 Å². The van der Waals surface area contributed by atoms with E-state index in [2.05, 4.69) is 5.32 Å². The monoisotopic (exact) mass is 328 g/mol. The number of hydrogen-bond acceptors (Lipinski definition) is 4.